The molecule has 0 unspecified atom stereocenters. The highest BCUT2D eigenvalue weighted by molar-refractivity contribution is 5.43. The second kappa shape index (κ2) is 5.33. The third kappa shape index (κ3) is 2.66. The SMILES string of the molecule is CC(C)Oc1nc(N2CCNCC2)nc2c1CCC2. The van der Waals surface area contributed by atoms with Crippen LogP contribution in [0.2, 0.25) is 0 Å². The average Bonchev–Trinajstić information content (AvgIpc) is 2.87. The summed E-state index contributed by atoms with van der Waals surface area (Å²) in [5, 5.41) is 3.36. The van der Waals surface area contributed by atoms with Gasteiger partial charge in [-0.3, -0.25) is 0 Å². The fourth-order valence-electron chi connectivity index (χ4n) is 2.71. The Bertz CT molecular complexity index is 455. The van der Waals surface area contributed by atoms with Gasteiger partial charge in [-0.15, -0.1) is 0 Å². The molecular weight excluding hydrogens is 240 g/mol. The van der Waals surface area contributed by atoms with E-state index in [9.17, 15) is 0 Å². The predicted molar refractivity (Wildman–Crippen MR) is 74.9 cm³/mol. The van der Waals surface area contributed by atoms with Gasteiger partial charge in [-0.05, 0) is 33.1 Å². The maximum atomic E-state index is 5.90. The second-order valence-electron chi connectivity index (χ2n) is 5.51. The molecule has 0 radical (unpaired) electrons. The topological polar surface area (TPSA) is 50.3 Å². The Kier molecular flexibility index (Phi) is 3.55. The predicted octanol–water partition coefficient (Wildman–Crippen LogP) is 1.16. The molecule has 5 heteroatoms. The van der Waals surface area contributed by atoms with Crippen molar-refractivity contribution in [2.45, 2.75) is 39.2 Å². The lowest BCUT2D eigenvalue weighted by atomic mass is 10.2. The zero-order chi connectivity index (χ0) is 13.2. The Morgan fingerprint density at radius 2 is 1.95 bits per heavy atom. The summed E-state index contributed by atoms with van der Waals surface area (Å²) in [6.45, 7) is 8.04. The molecule has 19 heavy (non-hydrogen) atoms. The van der Waals surface area contributed by atoms with Gasteiger partial charge in [0.25, 0.3) is 0 Å². The van der Waals surface area contributed by atoms with E-state index >= 15 is 0 Å². The number of hydrogen-bond acceptors (Lipinski definition) is 5. The third-order valence-electron chi connectivity index (χ3n) is 3.63. The molecule has 1 saturated heterocycles. The van der Waals surface area contributed by atoms with Crippen LogP contribution in [-0.4, -0.2) is 42.3 Å². The van der Waals surface area contributed by atoms with E-state index in [0.29, 0.717) is 0 Å². The molecule has 1 N–H and O–H groups in total. The molecule has 2 heterocycles. The van der Waals surface area contributed by atoms with Crippen LogP contribution in [0.4, 0.5) is 5.95 Å². The molecule has 1 aromatic heterocycles. The number of aryl methyl sites for hydroxylation is 1. The first kappa shape index (κ1) is 12.7. The first-order valence-electron chi connectivity index (χ1n) is 7.26. The molecule has 1 aliphatic carbocycles. The van der Waals surface area contributed by atoms with Crippen LogP contribution in [-0.2, 0) is 12.8 Å². The monoisotopic (exact) mass is 262 g/mol. The van der Waals surface area contributed by atoms with Gasteiger partial charge in [0.15, 0.2) is 0 Å². The van der Waals surface area contributed by atoms with Crippen molar-refractivity contribution in [2.24, 2.45) is 0 Å². The van der Waals surface area contributed by atoms with E-state index < -0.39 is 0 Å². The van der Waals surface area contributed by atoms with Gasteiger partial charge in [0, 0.05) is 31.7 Å². The molecule has 0 saturated carbocycles. The smallest absolute Gasteiger partial charge is 0.228 e. The lowest BCUT2D eigenvalue weighted by Crippen LogP contribution is -2.44. The molecule has 0 amide bonds. The van der Waals surface area contributed by atoms with Crippen LogP contribution >= 0.6 is 0 Å². The number of nitrogens with one attached hydrogen (secondary N) is 1. The molecule has 1 aliphatic heterocycles. The molecule has 5 nitrogen and oxygen atoms in total. The van der Waals surface area contributed by atoms with E-state index in [1.165, 1.54) is 17.7 Å². The number of hydrogen-bond donors (Lipinski definition) is 1. The van der Waals surface area contributed by atoms with Gasteiger partial charge in [0.1, 0.15) is 0 Å². The number of anilines is 1. The lowest BCUT2D eigenvalue weighted by molar-refractivity contribution is 0.230. The molecule has 0 aromatic carbocycles. The summed E-state index contributed by atoms with van der Waals surface area (Å²) in [5.74, 6) is 1.66. The Hall–Kier alpha value is -1.36. The molecule has 0 atom stereocenters. The summed E-state index contributed by atoms with van der Waals surface area (Å²) in [4.78, 5) is 11.7. The van der Waals surface area contributed by atoms with Gasteiger partial charge in [0.05, 0.1) is 11.8 Å². The van der Waals surface area contributed by atoms with Crippen molar-refractivity contribution in [2.75, 3.05) is 31.1 Å². The van der Waals surface area contributed by atoms with Crippen molar-refractivity contribution in [3.8, 4) is 5.88 Å². The minimum Gasteiger partial charge on any atom is -0.475 e. The number of ether oxygens (including phenoxy) is 1. The summed E-state index contributed by atoms with van der Waals surface area (Å²) in [6, 6.07) is 0. The quantitative estimate of drug-likeness (QED) is 0.886. The van der Waals surface area contributed by atoms with Crippen molar-refractivity contribution in [1.29, 1.82) is 0 Å². The lowest BCUT2D eigenvalue weighted by Gasteiger charge is -2.28. The fraction of sp³-hybridized carbons (Fsp3) is 0.714. The standard InChI is InChI=1S/C14H22N4O/c1-10(2)19-13-11-4-3-5-12(11)16-14(17-13)18-8-6-15-7-9-18/h10,15H,3-9H2,1-2H3. The van der Waals surface area contributed by atoms with Crippen LogP contribution in [0.15, 0.2) is 0 Å². The first-order valence-corrected chi connectivity index (χ1v) is 7.26. The van der Waals surface area contributed by atoms with Crippen molar-refractivity contribution in [3.05, 3.63) is 11.3 Å². The Morgan fingerprint density at radius 3 is 2.68 bits per heavy atom. The Balaban J connectivity index is 1.92. The van der Waals surface area contributed by atoms with E-state index in [1.807, 2.05) is 13.8 Å². The van der Waals surface area contributed by atoms with Gasteiger partial charge >= 0.3 is 0 Å². The Morgan fingerprint density at radius 1 is 1.16 bits per heavy atom. The minimum atomic E-state index is 0.162. The normalized spacial score (nSPS) is 18.8. The van der Waals surface area contributed by atoms with Gasteiger partial charge in [-0.2, -0.15) is 4.98 Å². The molecule has 0 spiro atoms. The number of fused-ring (bicyclic) bond motifs is 1. The van der Waals surface area contributed by atoms with Crippen LogP contribution in [0.3, 0.4) is 0 Å². The zero-order valence-corrected chi connectivity index (χ0v) is 11.8. The maximum absolute atomic E-state index is 5.90. The van der Waals surface area contributed by atoms with Crippen LogP contribution in [0.5, 0.6) is 5.88 Å². The molecule has 2 aliphatic rings. The third-order valence-corrected chi connectivity index (χ3v) is 3.63. The second-order valence-corrected chi connectivity index (χ2v) is 5.51. The zero-order valence-electron chi connectivity index (χ0n) is 11.8. The largest absolute Gasteiger partial charge is 0.475 e. The van der Waals surface area contributed by atoms with Gasteiger partial charge in [0.2, 0.25) is 11.8 Å². The fourth-order valence-corrected chi connectivity index (χ4v) is 2.71. The van der Waals surface area contributed by atoms with E-state index in [4.69, 9.17) is 9.72 Å². The number of nitrogens with zero attached hydrogens (tertiary/aromatic N) is 3. The summed E-state index contributed by atoms with van der Waals surface area (Å²) in [6.07, 6.45) is 3.45. The summed E-state index contributed by atoms with van der Waals surface area (Å²) < 4.78 is 5.90. The highest BCUT2D eigenvalue weighted by Crippen LogP contribution is 2.30. The molecule has 3 rings (SSSR count). The maximum Gasteiger partial charge on any atom is 0.228 e. The van der Waals surface area contributed by atoms with Gasteiger partial charge in [-0.1, -0.05) is 0 Å². The number of rotatable bonds is 3. The highest BCUT2D eigenvalue weighted by atomic mass is 16.5. The van der Waals surface area contributed by atoms with Crippen LogP contribution < -0.4 is 15.0 Å². The molecule has 1 fully saturated rings. The molecule has 0 bridgehead atoms. The summed E-state index contributed by atoms with van der Waals surface area (Å²) >= 11 is 0. The van der Waals surface area contributed by atoms with Crippen molar-refractivity contribution in [1.82, 2.24) is 15.3 Å². The van der Waals surface area contributed by atoms with E-state index in [-0.39, 0.29) is 6.10 Å². The van der Waals surface area contributed by atoms with Crippen LogP contribution in [0, 0.1) is 0 Å². The number of aromatic nitrogens is 2. The van der Waals surface area contributed by atoms with Crippen molar-refractivity contribution < 1.29 is 4.74 Å². The van der Waals surface area contributed by atoms with Crippen LogP contribution in [0.1, 0.15) is 31.5 Å². The molecule has 1 aromatic rings. The first-order chi connectivity index (χ1) is 9.24. The van der Waals surface area contributed by atoms with Crippen molar-refractivity contribution in [3.63, 3.8) is 0 Å². The average molecular weight is 262 g/mol. The van der Waals surface area contributed by atoms with E-state index in [0.717, 1.165) is 50.8 Å². The Labute approximate surface area is 114 Å². The van der Waals surface area contributed by atoms with E-state index in [2.05, 4.69) is 15.2 Å². The van der Waals surface area contributed by atoms with Gasteiger partial charge < -0.3 is 15.0 Å². The van der Waals surface area contributed by atoms with E-state index in [1.54, 1.807) is 0 Å². The number of piperazine rings is 1. The molecular formula is C14H22N4O. The molecule has 104 valence electrons. The van der Waals surface area contributed by atoms with Crippen LogP contribution in [0.25, 0.3) is 0 Å². The van der Waals surface area contributed by atoms with Crippen molar-refractivity contribution >= 4 is 5.95 Å². The summed E-state index contributed by atoms with van der Waals surface area (Å²) in [5.41, 5.74) is 2.42. The highest BCUT2D eigenvalue weighted by Gasteiger charge is 2.23. The summed E-state index contributed by atoms with van der Waals surface area (Å²) in [7, 11) is 0. The minimum absolute atomic E-state index is 0.162. The van der Waals surface area contributed by atoms with Gasteiger partial charge in [-0.25, -0.2) is 4.98 Å².